The number of likely N-dealkylation sites (N-methyl/N-ethyl adjacent to an activating group) is 1. The topological polar surface area (TPSA) is 78.1 Å². The van der Waals surface area contributed by atoms with E-state index in [4.69, 9.17) is 4.74 Å². The van der Waals surface area contributed by atoms with Crippen LogP contribution in [0.25, 0.3) is 22.2 Å². The van der Waals surface area contributed by atoms with Gasteiger partial charge < -0.3 is 18.8 Å². The van der Waals surface area contributed by atoms with Crippen LogP contribution in [-0.2, 0) is 11.3 Å². The summed E-state index contributed by atoms with van der Waals surface area (Å²) < 4.78 is 9.63. The molecule has 30 heavy (non-hydrogen) atoms. The zero-order valence-corrected chi connectivity index (χ0v) is 16.9. The lowest BCUT2D eigenvalue weighted by atomic mass is 10.1. The molecule has 0 atom stereocenters. The van der Waals surface area contributed by atoms with Gasteiger partial charge in [0.2, 0.25) is 0 Å². The maximum Gasteiger partial charge on any atom is 0.255 e. The predicted molar refractivity (Wildman–Crippen MR) is 113 cm³/mol. The lowest BCUT2D eigenvalue weighted by molar-refractivity contribution is 0.0704. The summed E-state index contributed by atoms with van der Waals surface area (Å²) in [7, 11) is 1.81. The molecule has 0 radical (unpaired) electrons. The number of benzene rings is 1. The number of fused-ring (bicyclic) bond motifs is 2. The summed E-state index contributed by atoms with van der Waals surface area (Å²) in [6.45, 7) is 2.78. The van der Waals surface area contributed by atoms with Gasteiger partial charge in [-0.3, -0.25) is 4.79 Å². The average molecular weight is 404 g/mol. The Balaban J connectivity index is 1.30. The zero-order chi connectivity index (χ0) is 20.5. The Bertz CT molecular complexity index is 1190. The number of para-hydroxylation sites is 2. The van der Waals surface area contributed by atoms with E-state index in [1.54, 1.807) is 11.1 Å². The lowest BCUT2D eigenvalue weighted by Gasteiger charge is -2.23. The average Bonchev–Trinajstić information content (AvgIpc) is 3.41. The largest absolute Gasteiger partial charge is 0.381 e. The second-order valence-corrected chi connectivity index (χ2v) is 7.72. The van der Waals surface area contributed by atoms with Crippen LogP contribution in [0.3, 0.4) is 0 Å². The molecule has 8 heteroatoms. The van der Waals surface area contributed by atoms with Gasteiger partial charge in [-0.2, -0.15) is 0 Å². The molecule has 0 bridgehead atoms. The molecule has 5 rings (SSSR count). The van der Waals surface area contributed by atoms with Crippen molar-refractivity contribution in [1.29, 1.82) is 0 Å². The lowest BCUT2D eigenvalue weighted by Crippen LogP contribution is -2.30. The SMILES string of the molecule is CN(CCn1cnc2ccccc21)C(=O)c1cnc2c(c1)ncn2C1CCOCC1. The Morgan fingerprint density at radius 1 is 1.13 bits per heavy atom. The van der Waals surface area contributed by atoms with Gasteiger partial charge in [0.1, 0.15) is 5.52 Å². The number of ether oxygens (including phenoxy) is 1. The normalized spacial score (nSPS) is 15.1. The van der Waals surface area contributed by atoms with E-state index in [0.717, 1.165) is 48.3 Å². The summed E-state index contributed by atoms with van der Waals surface area (Å²) in [6, 6.07) is 10.2. The van der Waals surface area contributed by atoms with Crippen molar-refractivity contribution in [2.24, 2.45) is 0 Å². The van der Waals surface area contributed by atoms with Gasteiger partial charge >= 0.3 is 0 Å². The smallest absolute Gasteiger partial charge is 0.255 e. The van der Waals surface area contributed by atoms with Crippen LogP contribution in [0.2, 0.25) is 0 Å². The van der Waals surface area contributed by atoms with E-state index in [1.165, 1.54) is 0 Å². The highest BCUT2D eigenvalue weighted by Crippen LogP contribution is 2.25. The van der Waals surface area contributed by atoms with E-state index >= 15 is 0 Å². The fourth-order valence-electron chi connectivity index (χ4n) is 4.03. The van der Waals surface area contributed by atoms with Crippen molar-refractivity contribution >= 4 is 28.1 Å². The van der Waals surface area contributed by atoms with Crippen LogP contribution in [0.15, 0.2) is 49.2 Å². The number of imidazole rings is 2. The van der Waals surface area contributed by atoms with Crippen molar-refractivity contribution < 1.29 is 9.53 Å². The van der Waals surface area contributed by atoms with Gasteiger partial charge in [0.05, 0.1) is 29.3 Å². The number of carbonyl (C=O) groups is 1. The van der Waals surface area contributed by atoms with Crippen molar-refractivity contribution in [3.05, 3.63) is 54.7 Å². The highest BCUT2D eigenvalue weighted by molar-refractivity contribution is 5.96. The second-order valence-electron chi connectivity index (χ2n) is 7.72. The van der Waals surface area contributed by atoms with Crippen molar-refractivity contribution in [2.45, 2.75) is 25.4 Å². The summed E-state index contributed by atoms with van der Waals surface area (Å²) in [4.78, 5) is 28.1. The molecule has 1 fully saturated rings. The Morgan fingerprint density at radius 3 is 2.80 bits per heavy atom. The molecular weight excluding hydrogens is 380 g/mol. The third kappa shape index (κ3) is 3.43. The van der Waals surface area contributed by atoms with Gasteiger partial charge in [0, 0.05) is 45.6 Å². The Kier molecular flexibility index (Phi) is 4.92. The molecular formula is C22H24N6O2. The van der Waals surface area contributed by atoms with Gasteiger partial charge in [0.25, 0.3) is 5.91 Å². The Morgan fingerprint density at radius 2 is 1.93 bits per heavy atom. The van der Waals surface area contributed by atoms with E-state index in [1.807, 2.05) is 50.0 Å². The second kappa shape index (κ2) is 7.87. The van der Waals surface area contributed by atoms with E-state index < -0.39 is 0 Å². The summed E-state index contributed by atoms with van der Waals surface area (Å²) in [5.41, 5.74) is 4.16. The Labute approximate surface area is 174 Å². The van der Waals surface area contributed by atoms with Crippen LogP contribution in [0.5, 0.6) is 0 Å². The molecule has 4 aromatic rings. The molecule has 0 unspecified atom stereocenters. The number of nitrogens with zero attached hydrogens (tertiary/aromatic N) is 6. The first-order valence-corrected chi connectivity index (χ1v) is 10.3. The molecule has 0 saturated carbocycles. The molecule has 0 aliphatic carbocycles. The number of aromatic nitrogens is 5. The molecule has 3 aromatic heterocycles. The van der Waals surface area contributed by atoms with Crippen LogP contribution in [0.4, 0.5) is 0 Å². The number of carbonyl (C=O) groups excluding carboxylic acids is 1. The fraction of sp³-hybridized carbons (Fsp3) is 0.364. The van der Waals surface area contributed by atoms with E-state index in [0.29, 0.717) is 24.7 Å². The van der Waals surface area contributed by atoms with Crippen LogP contribution in [-0.4, -0.2) is 61.7 Å². The molecule has 154 valence electrons. The van der Waals surface area contributed by atoms with Crippen molar-refractivity contribution in [3.8, 4) is 0 Å². The fourth-order valence-corrected chi connectivity index (χ4v) is 4.03. The number of amides is 1. The summed E-state index contributed by atoms with van der Waals surface area (Å²) in [5, 5.41) is 0. The summed E-state index contributed by atoms with van der Waals surface area (Å²) in [5.74, 6) is -0.0607. The maximum atomic E-state index is 12.9. The minimum Gasteiger partial charge on any atom is -0.381 e. The predicted octanol–water partition coefficient (Wildman–Crippen LogP) is 2.90. The minimum atomic E-state index is -0.0607. The zero-order valence-electron chi connectivity index (χ0n) is 16.9. The third-order valence-corrected chi connectivity index (χ3v) is 5.79. The standard InChI is InChI=1S/C22H24N6O2/c1-26(8-9-27-14-24-18-4-2-3-5-20(18)27)22(29)16-12-19-21(23-13-16)28(15-25-19)17-6-10-30-11-7-17/h2-5,12-15,17H,6-11H2,1H3. The first-order valence-electron chi connectivity index (χ1n) is 10.3. The summed E-state index contributed by atoms with van der Waals surface area (Å²) in [6.07, 6.45) is 7.22. The highest BCUT2D eigenvalue weighted by Gasteiger charge is 2.20. The van der Waals surface area contributed by atoms with Crippen LogP contribution < -0.4 is 0 Å². The molecule has 1 aliphatic rings. The molecule has 0 N–H and O–H groups in total. The monoisotopic (exact) mass is 404 g/mol. The molecule has 0 spiro atoms. The van der Waals surface area contributed by atoms with Crippen LogP contribution in [0.1, 0.15) is 29.2 Å². The van der Waals surface area contributed by atoms with Gasteiger partial charge in [0.15, 0.2) is 5.65 Å². The molecule has 4 heterocycles. The third-order valence-electron chi connectivity index (χ3n) is 5.79. The number of hydrogen-bond donors (Lipinski definition) is 0. The quantitative estimate of drug-likeness (QED) is 0.511. The molecule has 1 amide bonds. The van der Waals surface area contributed by atoms with Crippen LogP contribution in [0, 0.1) is 0 Å². The first-order chi connectivity index (χ1) is 14.7. The molecule has 1 saturated heterocycles. The number of hydrogen-bond acceptors (Lipinski definition) is 5. The molecule has 1 aliphatic heterocycles. The van der Waals surface area contributed by atoms with Crippen molar-refractivity contribution in [2.75, 3.05) is 26.8 Å². The van der Waals surface area contributed by atoms with E-state index in [-0.39, 0.29) is 5.91 Å². The van der Waals surface area contributed by atoms with Gasteiger partial charge in [-0.05, 0) is 31.0 Å². The Hall–Kier alpha value is -3.26. The summed E-state index contributed by atoms with van der Waals surface area (Å²) >= 11 is 0. The van der Waals surface area contributed by atoms with E-state index in [9.17, 15) is 4.79 Å². The minimum absolute atomic E-state index is 0.0607. The van der Waals surface area contributed by atoms with Crippen molar-refractivity contribution in [3.63, 3.8) is 0 Å². The molecule has 8 nitrogen and oxygen atoms in total. The molecule has 1 aromatic carbocycles. The van der Waals surface area contributed by atoms with Gasteiger partial charge in [-0.25, -0.2) is 15.0 Å². The number of rotatable bonds is 5. The van der Waals surface area contributed by atoms with E-state index in [2.05, 4.69) is 24.1 Å². The maximum absolute atomic E-state index is 12.9. The van der Waals surface area contributed by atoms with Crippen molar-refractivity contribution in [1.82, 2.24) is 29.0 Å². The van der Waals surface area contributed by atoms with Gasteiger partial charge in [-0.1, -0.05) is 12.1 Å². The highest BCUT2D eigenvalue weighted by atomic mass is 16.5. The first kappa shape index (κ1) is 18.7. The number of pyridine rings is 1. The van der Waals surface area contributed by atoms with Crippen LogP contribution >= 0.6 is 0 Å². The van der Waals surface area contributed by atoms with Gasteiger partial charge in [-0.15, -0.1) is 0 Å².